The first-order valence-corrected chi connectivity index (χ1v) is 9.24. The smallest absolute Gasteiger partial charge is 0.293 e. The number of anilines is 2. The average Bonchev–Trinajstić information content (AvgIpc) is 2.67. The first-order chi connectivity index (χ1) is 12.6. The van der Waals surface area contributed by atoms with Gasteiger partial charge in [-0.3, -0.25) is 9.78 Å². The van der Waals surface area contributed by atoms with E-state index in [0.29, 0.717) is 18.4 Å². The maximum atomic E-state index is 12.4. The van der Waals surface area contributed by atoms with Crippen LogP contribution in [0.25, 0.3) is 0 Å². The van der Waals surface area contributed by atoms with Gasteiger partial charge in [0.25, 0.3) is 5.56 Å². The van der Waals surface area contributed by atoms with E-state index in [-0.39, 0.29) is 5.56 Å². The van der Waals surface area contributed by atoms with E-state index in [4.69, 9.17) is 0 Å². The SMILES string of the molecule is CCn1ccnc(N2CCC(NCc3cnccc3N(C)C)CC2)c1=O. The molecule has 1 saturated heterocycles. The first kappa shape index (κ1) is 18.4. The maximum absolute atomic E-state index is 12.4. The van der Waals surface area contributed by atoms with Gasteiger partial charge in [0.1, 0.15) is 0 Å². The molecule has 0 radical (unpaired) electrons. The van der Waals surface area contributed by atoms with Gasteiger partial charge in [-0.2, -0.15) is 0 Å². The molecule has 3 rings (SSSR count). The van der Waals surface area contributed by atoms with Crippen LogP contribution in [0.3, 0.4) is 0 Å². The summed E-state index contributed by atoms with van der Waals surface area (Å²) in [5.74, 6) is 0.579. The number of nitrogens with zero attached hydrogens (tertiary/aromatic N) is 5. The second-order valence-corrected chi connectivity index (χ2v) is 6.88. The summed E-state index contributed by atoms with van der Waals surface area (Å²) in [5.41, 5.74) is 2.40. The Morgan fingerprint density at radius 3 is 2.73 bits per heavy atom. The van der Waals surface area contributed by atoms with Gasteiger partial charge in [0.2, 0.25) is 0 Å². The normalized spacial score (nSPS) is 15.3. The molecule has 1 aliphatic heterocycles. The largest absolute Gasteiger partial charge is 0.377 e. The van der Waals surface area contributed by atoms with Gasteiger partial charge in [-0.15, -0.1) is 0 Å². The number of nitrogens with one attached hydrogen (secondary N) is 1. The molecule has 1 fully saturated rings. The molecule has 0 bridgehead atoms. The molecule has 2 aromatic heterocycles. The monoisotopic (exact) mass is 356 g/mol. The molecule has 0 unspecified atom stereocenters. The third-order valence-corrected chi connectivity index (χ3v) is 4.97. The lowest BCUT2D eigenvalue weighted by atomic mass is 10.0. The lowest BCUT2D eigenvalue weighted by Crippen LogP contribution is -2.44. The molecule has 7 heteroatoms. The van der Waals surface area contributed by atoms with Crippen LogP contribution in [0.5, 0.6) is 0 Å². The summed E-state index contributed by atoms with van der Waals surface area (Å²) in [4.78, 5) is 25.2. The third-order valence-electron chi connectivity index (χ3n) is 4.97. The molecule has 1 aliphatic rings. The van der Waals surface area contributed by atoms with E-state index in [1.54, 1.807) is 17.0 Å². The number of rotatable bonds is 6. The molecule has 0 saturated carbocycles. The second-order valence-electron chi connectivity index (χ2n) is 6.88. The molecule has 0 aliphatic carbocycles. The number of aryl methyl sites for hydroxylation is 1. The Kier molecular flexibility index (Phi) is 5.88. The molecule has 7 nitrogen and oxygen atoms in total. The highest BCUT2D eigenvalue weighted by Gasteiger charge is 2.22. The minimum atomic E-state index is 0.00685. The minimum Gasteiger partial charge on any atom is -0.377 e. The summed E-state index contributed by atoms with van der Waals surface area (Å²) in [6, 6.07) is 2.48. The number of hydrogen-bond donors (Lipinski definition) is 1. The standard InChI is InChI=1S/C19H28N6O/c1-4-24-12-9-21-18(19(24)26)25-10-6-16(7-11-25)22-14-15-13-20-8-5-17(15)23(2)3/h5,8-9,12-13,16,22H,4,6-7,10-11,14H2,1-3H3. The molecular formula is C19H28N6O. The molecule has 26 heavy (non-hydrogen) atoms. The summed E-state index contributed by atoms with van der Waals surface area (Å²) >= 11 is 0. The zero-order valence-corrected chi connectivity index (χ0v) is 15.9. The highest BCUT2D eigenvalue weighted by atomic mass is 16.1. The molecule has 0 aromatic carbocycles. The van der Waals surface area contributed by atoms with Crippen LogP contribution in [0.15, 0.2) is 35.6 Å². The van der Waals surface area contributed by atoms with Crippen LogP contribution in [0, 0.1) is 0 Å². The Labute approximate surface area is 154 Å². The Morgan fingerprint density at radius 1 is 1.27 bits per heavy atom. The zero-order valence-electron chi connectivity index (χ0n) is 15.9. The molecule has 3 heterocycles. The van der Waals surface area contributed by atoms with Gasteiger partial charge in [0.15, 0.2) is 5.82 Å². The van der Waals surface area contributed by atoms with E-state index in [0.717, 1.165) is 32.5 Å². The van der Waals surface area contributed by atoms with Crippen LogP contribution in [-0.4, -0.2) is 47.8 Å². The van der Waals surface area contributed by atoms with E-state index in [2.05, 4.69) is 25.1 Å². The summed E-state index contributed by atoms with van der Waals surface area (Å²) < 4.78 is 1.71. The fourth-order valence-corrected chi connectivity index (χ4v) is 3.44. The second kappa shape index (κ2) is 8.31. The van der Waals surface area contributed by atoms with E-state index in [9.17, 15) is 4.79 Å². The van der Waals surface area contributed by atoms with Crippen molar-refractivity contribution in [3.05, 3.63) is 46.8 Å². The minimum absolute atomic E-state index is 0.00685. The van der Waals surface area contributed by atoms with Gasteiger partial charge < -0.3 is 19.7 Å². The number of aromatic nitrogens is 3. The van der Waals surface area contributed by atoms with Crippen LogP contribution in [0.4, 0.5) is 11.5 Å². The Balaban J connectivity index is 1.57. The van der Waals surface area contributed by atoms with E-state index in [1.165, 1.54) is 11.3 Å². The van der Waals surface area contributed by atoms with Gasteiger partial charge >= 0.3 is 0 Å². The van der Waals surface area contributed by atoms with Crippen molar-refractivity contribution in [2.75, 3.05) is 37.0 Å². The summed E-state index contributed by atoms with van der Waals surface area (Å²) in [5, 5.41) is 3.65. The predicted octanol–water partition coefficient (Wildman–Crippen LogP) is 1.48. The Hall–Kier alpha value is -2.41. The van der Waals surface area contributed by atoms with Gasteiger partial charge in [0.05, 0.1) is 0 Å². The molecular weight excluding hydrogens is 328 g/mol. The quantitative estimate of drug-likeness (QED) is 0.846. The lowest BCUT2D eigenvalue weighted by molar-refractivity contribution is 0.411. The summed E-state index contributed by atoms with van der Waals surface area (Å²) in [7, 11) is 4.10. The molecule has 140 valence electrons. The van der Waals surface area contributed by atoms with E-state index < -0.39 is 0 Å². The van der Waals surface area contributed by atoms with Gasteiger partial charge in [-0.25, -0.2) is 4.98 Å². The van der Waals surface area contributed by atoms with Crippen LogP contribution in [0.2, 0.25) is 0 Å². The van der Waals surface area contributed by atoms with Crippen LogP contribution in [-0.2, 0) is 13.1 Å². The van der Waals surface area contributed by atoms with Crippen LogP contribution >= 0.6 is 0 Å². The number of hydrogen-bond acceptors (Lipinski definition) is 6. The zero-order chi connectivity index (χ0) is 18.5. The highest BCUT2D eigenvalue weighted by molar-refractivity contribution is 5.50. The van der Waals surface area contributed by atoms with Gasteiger partial charge in [-0.1, -0.05) is 0 Å². The Morgan fingerprint density at radius 2 is 2.04 bits per heavy atom. The van der Waals surface area contributed by atoms with Crippen molar-refractivity contribution < 1.29 is 0 Å². The van der Waals surface area contributed by atoms with Crippen molar-refractivity contribution in [1.82, 2.24) is 19.9 Å². The summed E-state index contributed by atoms with van der Waals surface area (Å²) in [6.07, 6.45) is 9.22. The highest BCUT2D eigenvalue weighted by Crippen LogP contribution is 2.19. The van der Waals surface area contributed by atoms with Crippen LogP contribution in [0.1, 0.15) is 25.3 Å². The maximum Gasteiger partial charge on any atom is 0.293 e. The fraction of sp³-hybridized carbons (Fsp3) is 0.526. The lowest BCUT2D eigenvalue weighted by Gasteiger charge is -2.33. The van der Waals surface area contributed by atoms with Crippen molar-refractivity contribution in [2.24, 2.45) is 0 Å². The third kappa shape index (κ3) is 4.04. The van der Waals surface area contributed by atoms with Crippen LogP contribution < -0.4 is 20.7 Å². The fourth-order valence-electron chi connectivity index (χ4n) is 3.44. The van der Waals surface area contributed by atoms with Gasteiger partial charge in [-0.05, 0) is 25.8 Å². The van der Waals surface area contributed by atoms with Crippen molar-refractivity contribution in [3.63, 3.8) is 0 Å². The molecule has 0 amide bonds. The van der Waals surface area contributed by atoms with Crippen molar-refractivity contribution in [1.29, 1.82) is 0 Å². The Bertz CT molecular complexity index is 780. The predicted molar refractivity (Wildman–Crippen MR) is 105 cm³/mol. The van der Waals surface area contributed by atoms with Crippen molar-refractivity contribution >= 4 is 11.5 Å². The summed E-state index contributed by atoms with van der Waals surface area (Å²) in [6.45, 7) is 5.15. The van der Waals surface area contributed by atoms with E-state index >= 15 is 0 Å². The molecule has 2 aromatic rings. The average molecular weight is 356 g/mol. The van der Waals surface area contributed by atoms with Crippen molar-refractivity contribution in [3.8, 4) is 0 Å². The molecule has 0 atom stereocenters. The number of piperidine rings is 1. The number of pyridine rings is 1. The van der Waals surface area contributed by atoms with Gasteiger partial charge in [0, 0.05) is 82.4 Å². The molecule has 0 spiro atoms. The van der Waals surface area contributed by atoms with Crippen molar-refractivity contribution in [2.45, 2.75) is 38.9 Å². The molecule has 1 N–H and O–H groups in total. The first-order valence-electron chi connectivity index (χ1n) is 9.24. The topological polar surface area (TPSA) is 66.3 Å². The van der Waals surface area contributed by atoms with E-state index in [1.807, 2.05) is 39.5 Å².